The highest BCUT2D eigenvalue weighted by atomic mass is 16.5. The fraction of sp³-hybridized carbons (Fsp3) is 0.550. The van der Waals surface area contributed by atoms with E-state index >= 15 is 0 Å². The third-order valence-electron chi connectivity index (χ3n) is 6.44. The van der Waals surface area contributed by atoms with Crippen LogP contribution in [0.2, 0.25) is 0 Å². The molecule has 0 N–H and O–H groups in total. The number of fused-ring (bicyclic) bond motifs is 4. The van der Waals surface area contributed by atoms with Crippen molar-refractivity contribution in [3.05, 3.63) is 34.9 Å². The molecule has 0 heterocycles. The van der Waals surface area contributed by atoms with Crippen LogP contribution in [0.3, 0.4) is 0 Å². The summed E-state index contributed by atoms with van der Waals surface area (Å²) < 4.78 is 5.37. The molecule has 0 amide bonds. The summed E-state index contributed by atoms with van der Waals surface area (Å²) in [5.41, 5.74) is 5.98. The summed E-state index contributed by atoms with van der Waals surface area (Å²) in [4.78, 5) is 12.5. The minimum atomic E-state index is -0.0250. The lowest BCUT2D eigenvalue weighted by atomic mass is 9.61. The van der Waals surface area contributed by atoms with Gasteiger partial charge in [0.15, 0.2) is 0 Å². The van der Waals surface area contributed by atoms with Gasteiger partial charge in [-0.05, 0) is 73.3 Å². The monoisotopic (exact) mass is 296 g/mol. The van der Waals surface area contributed by atoms with Gasteiger partial charge in [0.05, 0.1) is 7.11 Å². The van der Waals surface area contributed by atoms with Crippen molar-refractivity contribution in [1.29, 1.82) is 0 Å². The van der Waals surface area contributed by atoms with Gasteiger partial charge in [0.2, 0.25) is 0 Å². The minimum Gasteiger partial charge on any atom is -0.497 e. The molecule has 0 unspecified atom stereocenters. The number of methoxy groups -OCH3 is 1. The molecule has 0 bridgehead atoms. The molecule has 3 aliphatic carbocycles. The number of ketones is 1. The molecule has 0 aliphatic heterocycles. The van der Waals surface area contributed by atoms with Crippen LogP contribution in [-0.2, 0) is 11.2 Å². The van der Waals surface area contributed by atoms with Crippen molar-refractivity contribution in [1.82, 2.24) is 0 Å². The van der Waals surface area contributed by atoms with Gasteiger partial charge in [-0.3, -0.25) is 4.79 Å². The van der Waals surface area contributed by atoms with Gasteiger partial charge in [-0.25, -0.2) is 0 Å². The number of allylic oxidation sites excluding steroid dienone is 2. The van der Waals surface area contributed by atoms with Crippen molar-refractivity contribution in [2.24, 2.45) is 11.3 Å². The molecular formula is C20H24O2. The molecule has 0 aromatic heterocycles. The van der Waals surface area contributed by atoms with E-state index in [9.17, 15) is 4.79 Å². The van der Waals surface area contributed by atoms with Gasteiger partial charge >= 0.3 is 0 Å². The van der Waals surface area contributed by atoms with Gasteiger partial charge in [0.1, 0.15) is 11.5 Å². The van der Waals surface area contributed by atoms with E-state index < -0.39 is 0 Å². The summed E-state index contributed by atoms with van der Waals surface area (Å²) >= 11 is 0. The summed E-state index contributed by atoms with van der Waals surface area (Å²) in [5, 5.41) is 0. The molecule has 4 rings (SSSR count). The standard InChI is InChI=1S/C20H24O2/c1-3-20-11-10-16-15-7-5-14(22-2)12-13(15)4-6-17(16)18(20)8-9-19(20)21/h5,7,12,18H,3-4,6,8-11H2,1-2H3/t18-,20+/m0/s1. The number of benzene rings is 1. The zero-order valence-electron chi connectivity index (χ0n) is 13.6. The van der Waals surface area contributed by atoms with Crippen LogP contribution in [0.15, 0.2) is 23.8 Å². The molecule has 22 heavy (non-hydrogen) atoms. The van der Waals surface area contributed by atoms with Gasteiger partial charge in [0.25, 0.3) is 0 Å². The van der Waals surface area contributed by atoms with Crippen LogP contribution in [0.4, 0.5) is 0 Å². The first-order valence-corrected chi connectivity index (χ1v) is 8.62. The van der Waals surface area contributed by atoms with E-state index in [1.807, 2.05) is 0 Å². The molecule has 1 saturated carbocycles. The number of hydrogen-bond donors (Lipinski definition) is 0. The topological polar surface area (TPSA) is 26.3 Å². The molecule has 1 fully saturated rings. The lowest BCUT2D eigenvalue weighted by molar-refractivity contribution is -0.127. The first kappa shape index (κ1) is 14.0. The van der Waals surface area contributed by atoms with Crippen molar-refractivity contribution in [3.63, 3.8) is 0 Å². The Kier molecular flexibility index (Phi) is 3.18. The van der Waals surface area contributed by atoms with Crippen LogP contribution >= 0.6 is 0 Å². The molecule has 116 valence electrons. The van der Waals surface area contributed by atoms with Gasteiger partial charge in [-0.1, -0.05) is 18.6 Å². The molecule has 1 aromatic rings. The Morgan fingerprint density at radius 1 is 1.23 bits per heavy atom. The Morgan fingerprint density at radius 3 is 2.86 bits per heavy atom. The summed E-state index contributed by atoms with van der Waals surface area (Å²) in [6, 6.07) is 6.51. The molecule has 0 spiro atoms. The maximum Gasteiger partial charge on any atom is 0.139 e. The summed E-state index contributed by atoms with van der Waals surface area (Å²) in [5.74, 6) is 2.01. The fourth-order valence-electron chi connectivity index (χ4n) is 5.26. The zero-order valence-corrected chi connectivity index (χ0v) is 13.6. The van der Waals surface area contributed by atoms with E-state index in [0.29, 0.717) is 11.7 Å². The molecule has 3 aliphatic rings. The Balaban J connectivity index is 1.81. The van der Waals surface area contributed by atoms with Gasteiger partial charge in [-0.15, -0.1) is 0 Å². The predicted octanol–water partition coefficient (Wildman–Crippen LogP) is 4.56. The highest BCUT2D eigenvalue weighted by molar-refractivity contribution is 5.90. The molecule has 2 atom stereocenters. The Labute approximate surface area is 132 Å². The average molecular weight is 296 g/mol. The Hall–Kier alpha value is -1.57. The number of Topliss-reactive ketones (excluding diaryl/α,β-unsaturated/α-hetero) is 1. The molecule has 1 aromatic carbocycles. The number of aryl methyl sites for hydroxylation is 1. The van der Waals surface area contributed by atoms with Crippen molar-refractivity contribution in [2.75, 3.05) is 7.11 Å². The number of rotatable bonds is 2. The van der Waals surface area contributed by atoms with Gasteiger partial charge in [0, 0.05) is 11.8 Å². The highest BCUT2D eigenvalue weighted by Crippen LogP contribution is 2.58. The van der Waals surface area contributed by atoms with E-state index in [2.05, 4.69) is 25.1 Å². The minimum absolute atomic E-state index is 0.0250. The second-order valence-electron chi connectivity index (χ2n) is 7.05. The average Bonchev–Trinajstić information content (AvgIpc) is 2.91. The molecule has 2 heteroatoms. The first-order chi connectivity index (χ1) is 10.7. The zero-order chi connectivity index (χ0) is 15.3. The second kappa shape index (κ2) is 4.97. The molecule has 2 nitrogen and oxygen atoms in total. The van der Waals surface area contributed by atoms with E-state index in [1.54, 1.807) is 18.3 Å². The van der Waals surface area contributed by atoms with E-state index in [0.717, 1.165) is 50.7 Å². The lowest BCUT2D eigenvalue weighted by Crippen LogP contribution is -2.36. The normalized spacial score (nSPS) is 29.9. The number of hydrogen-bond acceptors (Lipinski definition) is 2. The van der Waals surface area contributed by atoms with Crippen LogP contribution in [0.5, 0.6) is 5.75 Å². The van der Waals surface area contributed by atoms with E-state index in [-0.39, 0.29) is 5.41 Å². The number of ether oxygens (including phenoxy) is 1. The molecular weight excluding hydrogens is 272 g/mol. The molecule has 0 saturated heterocycles. The summed E-state index contributed by atoms with van der Waals surface area (Å²) in [7, 11) is 1.73. The van der Waals surface area contributed by atoms with E-state index in [4.69, 9.17) is 4.74 Å². The summed E-state index contributed by atoms with van der Waals surface area (Å²) in [6.07, 6.45) is 7.25. The number of carbonyl (C=O) groups excluding carboxylic acids is 1. The maximum atomic E-state index is 12.5. The van der Waals surface area contributed by atoms with Gasteiger partial charge in [-0.2, -0.15) is 0 Å². The Morgan fingerprint density at radius 2 is 2.09 bits per heavy atom. The quantitative estimate of drug-likeness (QED) is 0.799. The third-order valence-corrected chi connectivity index (χ3v) is 6.44. The smallest absolute Gasteiger partial charge is 0.139 e. The predicted molar refractivity (Wildman–Crippen MR) is 87.9 cm³/mol. The number of carbonyl (C=O) groups is 1. The lowest BCUT2D eigenvalue weighted by Gasteiger charge is -2.42. The van der Waals surface area contributed by atoms with Crippen LogP contribution in [0.1, 0.15) is 56.6 Å². The van der Waals surface area contributed by atoms with Crippen LogP contribution in [0.25, 0.3) is 5.57 Å². The van der Waals surface area contributed by atoms with Crippen molar-refractivity contribution >= 4 is 11.4 Å². The van der Waals surface area contributed by atoms with Crippen LogP contribution in [-0.4, -0.2) is 12.9 Å². The van der Waals surface area contributed by atoms with E-state index in [1.165, 1.54) is 11.1 Å². The van der Waals surface area contributed by atoms with Crippen molar-refractivity contribution in [2.45, 2.75) is 51.9 Å². The highest BCUT2D eigenvalue weighted by Gasteiger charge is 2.52. The maximum absolute atomic E-state index is 12.5. The third kappa shape index (κ3) is 1.76. The fourth-order valence-corrected chi connectivity index (χ4v) is 5.26. The second-order valence-corrected chi connectivity index (χ2v) is 7.05. The van der Waals surface area contributed by atoms with Crippen molar-refractivity contribution < 1.29 is 9.53 Å². The Bertz CT molecular complexity index is 670. The summed E-state index contributed by atoms with van der Waals surface area (Å²) in [6.45, 7) is 2.21. The largest absolute Gasteiger partial charge is 0.497 e. The van der Waals surface area contributed by atoms with Crippen molar-refractivity contribution in [3.8, 4) is 5.75 Å². The van der Waals surface area contributed by atoms with Crippen LogP contribution < -0.4 is 4.74 Å². The van der Waals surface area contributed by atoms with Gasteiger partial charge < -0.3 is 4.74 Å². The first-order valence-electron chi connectivity index (χ1n) is 8.62. The SMILES string of the molecule is CC[C@@]12CCC3=C(CCc4cc(OC)ccc43)[C@@H]1CCC2=O. The molecule has 0 radical (unpaired) electrons. The van der Waals surface area contributed by atoms with Crippen LogP contribution in [0, 0.1) is 11.3 Å².